The van der Waals surface area contributed by atoms with Crippen LogP contribution in [-0.2, 0) is 14.4 Å². The molecule has 0 radical (unpaired) electrons. The van der Waals surface area contributed by atoms with E-state index in [1.807, 2.05) is 38.1 Å². The second kappa shape index (κ2) is 7.48. The molecule has 2 aliphatic heterocycles. The van der Waals surface area contributed by atoms with Crippen molar-refractivity contribution in [3.63, 3.8) is 0 Å². The number of aryl methyl sites for hydroxylation is 1. The summed E-state index contributed by atoms with van der Waals surface area (Å²) in [6.45, 7) is 4.73. The van der Waals surface area contributed by atoms with E-state index in [4.69, 9.17) is 4.84 Å². The van der Waals surface area contributed by atoms with Crippen LogP contribution in [0, 0.1) is 12.3 Å². The van der Waals surface area contributed by atoms with E-state index in [0.717, 1.165) is 16.8 Å². The summed E-state index contributed by atoms with van der Waals surface area (Å²) in [5.41, 5.74) is 2.09. The van der Waals surface area contributed by atoms with Crippen LogP contribution in [0.4, 0.5) is 0 Å². The molecule has 3 rings (SSSR count). The van der Waals surface area contributed by atoms with Gasteiger partial charge in [0.15, 0.2) is 0 Å². The molecule has 0 spiro atoms. The van der Waals surface area contributed by atoms with Gasteiger partial charge in [-0.15, -0.1) is 0 Å². The first-order valence-corrected chi connectivity index (χ1v) is 9.25. The number of carboxylic acid groups (broad SMARTS) is 1. The predicted octanol–water partition coefficient (Wildman–Crippen LogP) is 2.98. The van der Waals surface area contributed by atoms with E-state index in [1.165, 1.54) is 0 Å². The first kappa shape index (κ1) is 18.4. The summed E-state index contributed by atoms with van der Waals surface area (Å²) in [6.07, 6.45) is 2.37. The van der Waals surface area contributed by atoms with E-state index in [9.17, 15) is 14.7 Å². The lowest BCUT2D eigenvalue weighted by atomic mass is 9.74. The van der Waals surface area contributed by atoms with Crippen molar-refractivity contribution in [1.82, 2.24) is 4.90 Å². The van der Waals surface area contributed by atoms with E-state index < -0.39 is 11.4 Å². The summed E-state index contributed by atoms with van der Waals surface area (Å²) in [7, 11) is 0. The molecule has 140 valence electrons. The van der Waals surface area contributed by atoms with Gasteiger partial charge in [-0.2, -0.15) is 0 Å². The molecule has 2 heterocycles. The first-order chi connectivity index (χ1) is 12.4. The molecule has 1 N–H and O–H groups in total. The number of hydrogen-bond acceptors (Lipinski definition) is 4. The fraction of sp³-hybridized carbons (Fsp3) is 0.550. The molecule has 1 saturated heterocycles. The van der Waals surface area contributed by atoms with Crippen molar-refractivity contribution in [2.75, 3.05) is 13.1 Å². The lowest BCUT2D eigenvalue weighted by Gasteiger charge is -2.40. The number of oxime groups is 1. The van der Waals surface area contributed by atoms with Gasteiger partial charge in [0.1, 0.15) is 6.10 Å². The van der Waals surface area contributed by atoms with Crippen LogP contribution >= 0.6 is 0 Å². The Morgan fingerprint density at radius 1 is 1.38 bits per heavy atom. The van der Waals surface area contributed by atoms with Crippen LogP contribution in [0.2, 0.25) is 0 Å². The van der Waals surface area contributed by atoms with Crippen LogP contribution in [0.25, 0.3) is 0 Å². The summed E-state index contributed by atoms with van der Waals surface area (Å²) >= 11 is 0. The van der Waals surface area contributed by atoms with Gasteiger partial charge in [0, 0.05) is 37.9 Å². The zero-order valence-electron chi connectivity index (χ0n) is 15.4. The van der Waals surface area contributed by atoms with E-state index in [0.29, 0.717) is 38.6 Å². The van der Waals surface area contributed by atoms with Gasteiger partial charge in [0.05, 0.1) is 11.1 Å². The number of carbonyl (C=O) groups excluding carboxylic acids is 1. The standard InChI is InChI=1S/C20H26N2O4/c1-3-18(23)22-10-6-9-20(13-22,19(24)25)12-15-11-17(21-26-15)16-8-5-4-7-14(16)2/h4-5,7-8,15H,3,6,9-13H2,1-2H3,(H,24,25)/t15-,20-/m1/s1. The van der Waals surface area contributed by atoms with Crippen molar-refractivity contribution in [3.05, 3.63) is 35.4 Å². The van der Waals surface area contributed by atoms with E-state index in [2.05, 4.69) is 5.16 Å². The second-order valence-electron chi connectivity index (χ2n) is 7.35. The van der Waals surface area contributed by atoms with Gasteiger partial charge in [-0.05, 0) is 25.3 Å². The molecule has 0 aromatic heterocycles. The maximum atomic E-state index is 12.1. The Hall–Kier alpha value is -2.37. The summed E-state index contributed by atoms with van der Waals surface area (Å²) < 4.78 is 0. The van der Waals surface area contributed by atoms with Crippen LogP contribution in [0.3, 0.4) is 0 Å². The molecule has 2 atom stereocenters. The van der Waals surface area contributed by atoms with Gasteiger partial charge in [-0.1, -0.05) is 36.3 Å². The lowest BCUT2D eigenvalue weighted by molar-refractivity contribution is -0.158. The molecule has 0 aliphatic carbocycles. The monoisotopic (exact) mass is 358 g/mol. The topological polar surface area (TPSA) is 79.2 Å². The molecule has 1 aromatic carbocycles. The molecular weight excluding hydrogens is 332 g/mol. The average molecular weight is 358 g/mol. The highest BCUT2D eigenvalue weighted by Crippen LogP contribution is 2.38. The number of nitrogens with zero attached hydrogens (tertiary/aromatic N) is 2. The number of carbonyl (C=O) groups is 2. The summed E-state index contributed by atoms with van der Waals surface area (Å²) in [6, 6.07) is 7.98. The molecule has 6 nitrogen and oxygen atoms in total. The molecule has 0 bridgehead atoms. The Kier molecular flexibility index (Phi) is 5.30. The highest BCUT2D eigenvalue weighted by Gasteiger charge is 2.46. The second-order valence-corrected chi connectivity index (χ2v) is 7.35. The third-order valence-corrected chi connectivity index (χ3v) is 5.49. The molecule has 26 heavy (non-hydrogen) atoms. The number of aliphatic carboxylic acids is 1. The van der Waals surface area contributed by atoms with Gasteiger partial charge >= 0.3 is 5.97 Å². The van der Waals surface area contributed by atoms with E-state index in [-0.39, 0.29) is 18.6 Å². The Morgan fingerprint density at radius 3 is 2.85 bits per heavy atom. The molecule has 6 heteroatoms. The van der Waals surface area contributed by atoms with Crippen molar-refractivity contribution < 1.29 is 19.5 Å². The first-order valence-electron chi connectivity index (χ1n) is 9.25. The summed E-state index contributed by atoms with van der Waals surface area (Å²) in [5, 5.41) is 14.1. The minimum absolute atomic E-state index is 0.0134. The Labute approximate surface area is 153 Å². The number of carboxylic acids is 1. The van der Waals surface area contributed by atoms with Crippen molar-refractivity contribution in [2.45, 2.75) is 52.1 Å². The molecule has 0 saturated carbocycles. The largest absolute Gasteiger partial charge is 0.481 e. The van der Waals surface area contributed by atoms with Gasteiger partial charge in [-0.25, -0.2) is 0 Å². The molecule has 1 amide bonds. The third kappa shape index (κ3) is 3.59. The minimum Gasteiger partial charge on any atom is -0.481 e. The van der Waals surface area contributed by atoms with Crippen molar-refractivity contribution in [3.8, 4) is 0 Å². The van der Waals surface area contributed by atoms with E-state index >= 15 is 0 Å². The highest BCUT2D eigenvalue weighted by molar-refractivity contribution is 6.02. The maximum absolute atomic E-state index is 12.1. The number of amides is 1. The molecule has 0 unspecified atom stereocenters. The average Bonchev–Trinajstić information content (AvgIpc) is 3.09. The van der Waals surface area contributed by atoms with Crippen molar-refractivity contribution in [1.29, 1.82) is 0 Å². The maximum Gasteiger partial charge on any atom is 0.311 e. The fourth-order valence-corrected chi connectivity index (χ4v) is 4.03. The predicted molar refractivity (Wildman–Crippen MR) is 98.0 cm³/mol. The molecular formula is C20H26N2O4. The molecule has 2 aliphatic rings. The van der Waals surface area contributed by atoms with Gasteiger partial charge in [0.25, 0.3) is 0 Å². The van der Waals surface area contributed by atoms with Gasteiger partial charge in [0.2, 0.25) is 5.91 Å². The normalized spacial score (nSPS) is 25.5. The van der Waals surface area contributed by atoms with Crippen LogP contribution in [0.5, 0.6) is 0 Å². The van der Waals surface area contributed by atoms with Crippen molar-refractivity contribution >= 4 is 17.6 Å². The quantitative estimate of drug-likeness (QED) is 0.877. The Balaban J connectivity index is 1.71. The Morgan fingerprint density at radius 2 is 2.15 bits per heavy atom. The smallest absolute Gasteiger partial charge is 0.311 e. The number of likely N-dealkylation sites (tertiary alicyclic amines) is 1. The van der Waals surface area contributed by atoms with Gasteiger partial charge in [-0.3, -0.25) is 9.59 Å². The zero-order chi connectivity index (χ0) is 18.7. The minimum atomic E-state index is -0.954. The zero-order valence-corrected chi connectivity index (χ0v) is 15.4. The van der Waals surface area contributed by atoms with Crippen LogP contribution in [0.1, 0.15) is 50.2 Å². The molecule has 1 fully saturated rings. The van der Waals surface area contributed by atoms with Crippen molar-refractivity contribution in [2.24, 2.45) is 10.6 Å². The number of piperidine rings is 1. The Bertz CT molecular complexity index is 730. The summed E-state index contributed by atoms with van der Waals surface area (Å²) in [4.78, 5) is 31.4. The molecule has 1 aromatic rings. The summed E-state index contributed by atoms with van der Waals surface area (Å²) in [5.74, 6) is -0.835. The highest BCUT2D eigenvalue weighted by atomic mass is 16.6. The number of benzene rings is 1. The van der Waals surface area contributed by atoms with Crippen LogP contribution in [-0.4, -0.2) is 46.8 Å². The van der Waals surface area contributed by atoms with E-state index in [1.54, 1.807) is 4.90 Å². The van der Waals surface area contributed by atoms with Crippen LogP contribution in [0.15, 0.2) is 29.4 Å². The lowest BCUT2D eigenvalue weighted by Crippen LogP contribution is -2.51. The fourth-order valence-electron chi connectivity index (χ4n) is 4.03. The number of rotatable bonds is 5. The van der Waals surface area contributed by atoms with Gasteiger partial charge < -0.3 is 14.8 Å². The van der Waals surface area contributed by atoms with Crippen LogP contribution < -0.4 is 0 Å². The SMILES string of the molecule is CCC(=O)N1CCC[C@](C[C@H]2CC(c3ccccc3C)=NO2)(C(=O)O)C1. The number of hydrogen-bond donors (Lipinski definition) is 1. The third-order valence-electron chi connectivity index (χ3n) is 5.49.